The molecule has 21 heavy (non-hydrogen) atoms. The second kappa shape index (κ2) is 5.46. The van der Waals surface area contributed by atoms with E-state index >= 15 is 0 Å². The molecule has 0 radical (unpaired) electrons. The van der Waals surface area contributed by atoms with Crippen molar-refractivity contribution in [2.75, 3.05) is 5.73 Å². The predicted molar refractivity (Wildman–Crippen MR) is 86.4 cm³/mol. The maximum atomic E-state index is 6.07. The van der Waals surface area contributed by atoms with E-state index in [0.717, 1.165) is 21.3 Å². The second-order valence-electron chi connectivity index (χ2n) is 4.64. The number of aromatic nitrogens is 4. The van der Waals surface area contributed by atoms with Gasteiger partial charge in [-0.25, -0.2) is 0 Å². The van der Waals surface area contributed by atoms with E-state index in [0.29, 0.717) is 16.5 Å². The normalized spacial score (nSPS) is 10.8. The molecule has 0 amide bonds. The molecule has 0 aliphatic carbocycles. The van der Waals surface area contributed by atoms with Crippen molar-refractivity contribution in [2.24, 2.45) is 0 Å². The van der Waals surface area contributed by atoms with Crippen LogP contribution in [0, 0.1) is 6.92 Å². The Morgan fingerprint density at radius 3 is 2.71 bits per heavy atom. The Morgan fingerprint density at radius 2 is 2.00 bits per heavy atom. The molecule has 5 nitrogen and oxygen atoms in total. The first-order chi connectivity index (χ1) is 10.0. The van der Waals surface area contributed by atoms with Crippen LogP contribution in [-0.2, 0) is 0 Å². The molecule has 2 N–H and O–H groups in total. The van der Waals surface area contributed by atoms with Gasteiger partial charge in [-0.15, -0.1) is 5.10 Å². The number of nitrogen functional groups attached to an aromatic ring is 1. The average Bonchev–Trinajstić information content (AvgIpc) is 2.90. The molecule has 0 atom stereocenters. The molecule has 0 aliphatic heterocycles. The Kier molecular flexibility index (Phi) is 3.65. The highest BCUT2D eigenvalue weighted by molar-refractivity contribution is 9.10. The van der Waals surface area contributed by atoms with Crippen molar-refractivity contribution in [2.45, 2.75) is 6.92 Å². The van der Waals surface area contributed by atoms with Crippen LogP contribution in [0.15, 0.2) is 40.9 Å². The Labute approximate surface area is 134 Å². The fourth-order valence-corrected chi connectivity index (χ4v) is 2.82. The minimum Gasteiger partial charge on any atom is -0.398 e. The monoisotopic (exact) mass is 363 g/mol. The van der Waals surface area contributed by atoms with Gasteiger partial charge in [0.25, 0.3) is 0 Å². The lowest BCUT2D eigenvalue weighted by Gasteiger charge is -2.07. The molecule has 1 heterocycles. The Balaban J connectivity index is 2.14. The van der Waals surface area contributed by atoms with E-state index in [4.69, 9.17) is 17.3 Å². The van der Waals surface area contributed by atoms with Gasteiger partial charge in [0.2, 0.25) is 0 Å². The molecule has 7 heteroatoms. The molecule has 3 rings (SSSR count). The Bertz CT molecular complexity index is 795. The minimum atomic E-state index is 0.479. The molecule has 0 saturated heterocycles. The summed E-state index contributed by atoms with van der Waals surface area (Å²) in [7, 11) is 0. The van der Waals surface area contributed by atoms with E-state index in [1.165, 1.54) is 0 Å². The molecule has 106 valence electrons. The van der Waals surface area contributed by atoms with E-state index in [1.807, 2.05) is 31.2 Å². The summed E-state index contributed by atoms with van der Waals surface area (Å²) in [5, 5.41) is 12.4. The van der Waals surface area contributed by atoms with E-state index in [9.17, 15) is 0 Å². The first-order valence-corrected chi connectivity index (χ1v) is 7.33. The summed E-state index contributed by atoms with van der Waals surface area (Å²) in [6.45, 7) is 2.01. The van der Waals surface area contributed by atoms with Gasteiger partial charge >= 0.3 is 0 Å². The number of aryl methyl sites for hydroxylation is 1. The van der Waals surface area contributed by atoms with Gasteiger partial charge in [-0.3, -0.25) is 0 Å². The van der Waals surface area contributed by atoms with E-state index in [1.54, 1.807) is 16.8 Å². The van der Waals surface area contributed by atoms with Crippen molar-refractivity contribution in [3.63, 3.8) is 0 Å². The summed E-state index contributed by atoms with van der Waals surface area (Å²) in [6.07, 6.45) is 0. The zero-order valence-electron chi connectivity index (χ0n) is 11.1. The number of nitrogens with two attached hydrogens (primary N) is 1. The van der Waals surface area contributed by atoms with Crippen molar-refractivity contribution < 1.29 is 0 Å². The van der Waals surface area contributed by atoms with E-state index in [2.05, 4.69) is 31.5 Å². The molecule has 0 bridgehead atoms. The van der Waals surface area contributed by atoms with Crippen LogP contribution in [0.5, 0.6) is 0 Å². The molecule has 0 spiro atoms. The molecule has 2 aromatic carbocycles. The second-order valence-corrected chi connectivity index (χ2v) is 5.96. The number of hydrogen-bond acceptors (Lipinski definition) is 4. The Morgan fingerprint density at radius 1 is 1.19 bits per heavy atom. The van der Waals surface area contributed by atoms with Crippen molar-refractivity contribution in [3.8, 4) is 17.1 Å². The quantitative estimate of drug-likeness (QED) is 0.705. The first-order valence-electron chi connectivity index (χ1n) is 6.16. The highest BCUT2D eigenvalue weighted by Gasteiger charge is 2.12. The smallest absolute Gasteiger partial charge is 0.187 e. The number of tetrazole rings is 1. The van der Waals surface area contributed by atoms with E-state index < -0.39 is 0 Å². The summed E-state index contributed by atoms with van der Waals surface area (Å²) in [5.41, 5.74) is 9.04. The van der Waals surface area contributed by atoms with Gasteiger partial charge in [0.1, 0.15) is 0 Å². The average molecular weight is 365 g/mol. The topological polar surface area (TPSA) is 69.6 Å². The minimum absolute atomic E-state index is 0.479. The van der Waals surface area contributed by atoms with Gasteiger partial charge < -0.3 is 5.73 Å². The van der Waals surface area contributed by atoms with Crippen LogP contribution in [-0.4, -0.2) is 20.2 Å². The maximum absolute atomic E-state index is 6.07. The van der Waals surface area contributed by atoms with Crippen LogP contribution in [0.25, 0.3) is 17.1 Å². The van der Waals surface area contributed by atoms with E-state index in [-0.39, 0.29) is 0 Å². The SMILES string of the molecule is Cc1cc(Br)cc(-n2nnnc2-c2ccc(N)c(Cl)c2)c1. The third-order valence-corrected chi connectivity index (χ3v) is 3.78. The fourth-order valence-electron chi connectivity index (χ4n) is 2.05. The van der Waals surface area contributed by atoms with Gasteiger partial charge in [-0.2, -0.15) is 4.68 Å². The summed E-state index contributed by atoms with van der Waals surface area (Å²) >= 11 is 9.55. The number of nitrogens with zero attached hydrogens (tertiary/aromatic N) is 4. The lowest BCUT2D eigenvalue weighted by Crippen LogP contribution is -2.00. The van der Waals surface area contributed by atoms with Crippen LogP contribution in [0.1, 0.15) is 5.56 Å². The third kappa shape index (κ3) is 2.77. The number of halogens is 2. The van der Waals surface area contributed by atoms with Gasteiger partial charge in [0.05, 0.1) is 16.4 Å². The summed E-state index contributed by atoms with van der Waals surface area (Å²) in [5.74, 6) is 0.606. The van der Waals surface area contributed by atoms with Crippen molar-refractivity contribution in [1.29, 1.82) is 0 Å². The zero-order valence-corrected chi connectivity index (χ0v) is 13.4. The number of benzene rings is 2. The van der Waals surface area contributed by atoms with Gasteiger partial charge in [0, 0.05) is 10.0 Å². The lowest BCUT2D eigenvalue weighted by atomic mass is 10.2. The highest BCUT2D eigenvalue weighted by atomic mass is 79.9. The molecule has 1 aromatic heterocycles. The number of anilines is 1. The standard InChI is InChI=1S/C14H11BrClN5/c1-8-4-10(15)7-11(5-8)21-14(18-19-20-21)9-2-3-13(17)12(16)6-9/h2-7H,17H2,1H3. The van der Waals surface area contributed by atoms with Crippen LogP contribution in [0.2, 0.25) is 5.02 Å². The number of hydrogen-bond donors (Lipinski definition) is 1. The molecule has 0 fully saturated rings. The van der Waals surface area contributed by atoms with Crippen LogP contribution in [0.4, 0.5) is 5.69 Å². The molecular weight excluding hydrogens is 354 g/mol. The molecule has 0 aliphatic rings. The largest absolute Gasteiger partial charge is 0.398 e. The van der Waals surface area contributed by atoms with Gasteiger partial charge in [-0.05, 0) is 59.3 Å². The Hall–Kier alpha value is -1.92. The van der Waals surface area contributed by atoms with Crippen LogP contribution in [0.3, 0.4) is 0 Å². The third-order valence-electron chi connectivity index (χ3n) is 3.00. The molecule has 3 aromatic rings. The van der Waals surface area contributed by atoms with Crippen molar-refractivity contribution in [3.05, 3.63) is 51.5 Å². The lowest BCUT2D eigenvalue weighted by molar-refractivity contribution is 0.790. The van der Waals surface area contributed by atoms with Crippen molar-refractivity contribution in [1.82, 2.24) is 20.2 Å². The number of rotatable bonds is 2. The zero-order chi connectivity index (χ0) is 15.0. The molecule has 0 saturated carbocycles. The first kappa shape index (κ1) is 14.0. The van der Waals surface area contributed by atoms with Gasteiger partial charge in [-0.1, -0.05) is 27.5 Å². The highest BCUT2D eigenvalue weighted by Crippen LogP contribution is 2.27. The summed E-state index contributed by atoms with van der Waals surface area (Å²) in [6, 6.07) is 11.3. The molecular formula is C14H11BrClN5. The molecule has 0 unspecified atom stereocenters. The van der Waals surface area contributed by atoms with Crippen LogP contribution < -0.4 is 5.73 Å². The van der Waals surface area contributed by atoms with Crippen molar-refractivity contribution >= 4 is 33.2 Å². The van der Waals surface area contributed by atoms with Crippen LogP contribution >= 0.6 is 27.5 Å². The maximum Gasteiger partial charge on any atom is 0.187 e. The summed E-state index contributed by atoms with van der Waals surface area (Å²) in [4.78, 5) is 0. The summed E-state index contributed by atoms with van der Waals surface area (Å²) < 4.78 is 2.63. The fraction of sp³-hybridized carbons (Fsp3) is 0.0714. The van der Waals surface area contributed by atoms with Gasteiger partial charge in [0.15, 0.2) is 5.82 Å². The predicted octanol–water partition coefficient (Wildman–Crippen LogP) is 3.64.